The number of para-hydroxylation sites is 1. The third kappa shape index (κ3) is 6.54. The standard InChI is InChI=1S/C30H49N5O4Si2/c1-12-36-21-16-14-13-15-20(21)25-26-27(34-28(31)33-25)35(19-32-26)24-17-22(39-41(10,11)30(5,6)7)23(38-24)18-37-40(8,9)29(2,3)4/h13-16,19,22-24H,12,17-18H2,1-11H3,(H2,31,33,34). The number of ether oxygens (including phenoxy) is 2. The lowest BCUT2D eigenvalue weighted by Crippen LogP contribution is -2.48. The molecule has 2 aromatic heterocycles. The zero-order chi connectivity index (χ0) is 30.4. The van der Waals surface area contributed by atoms with Crippen molar-refractivity contribution in [1.82, 2.24) is 19.5 Å². The molecule has 3 heterocycles. The summed E-state index contributed by atoms with van der Waals surface area (Å²) in [6.07, 6.45) is 1.79. The number of fused-ring (bicyclic) bond motifs is 1. The maximum Gasteiger partial charge on any atom is 0.222 e. The van der Waals surface area contributed by atoms with Gasteiger partial charge in [0.2, 0.25) is 5.95 Å². The van der Waals surface area contributed by atoms with Gasteiger partial charge in [-0.05, 0) is 55.3 Å². The van der Waals surface area contributed by atoms with Crippen LogP contribution in [0.4, 0.5) is 5.95 Å². The van der Waals surface area contributed by atoms with Gasteiger partial charge in [-0.1, -0.05) is 53.7 Å². The quantitative estimate of drug-likeness (QED) is 0.258. The van der Waals surface area contributed by atoms with Crippen LogP contribution in [0.25, 0.3) is 22.4 Å². The topological polar surface area (TPSA) is 107 Å². The predicted octanol–water partition coefficient (Wildman–Crippen LogP) is 7.17. The SMILES string of the molecule is CCOc1ccccc1-c1nc(N)nc2c1ncn2C1CC(O[Si](C)(C)C(C)(C)C)C(CO[Si](C)(C)C(C)(C)C)O1. The third-order valence-corrected chi connectivity index (χ3v) is 18.0. The van der Waals surface area contributed by atoms with Crippen LogP contribution in [0.1, 0.15) is 61.1 Å². The Morgan fingerprint density at radius 2 is 1.66 bits per heavy atom. The number of anilines is 1. The summed E-state index contributed by atoms with van der Waals surface area (Å²) in [4.78, 5) is 13.9. The molecule has 3 atom stereocenters. The van der Waals surface area contributed by atoms with Gasteiger partial charge in [-0.15, -0.1) is 0 Å². The van der Waals surface area contributed by atoms with E-state index in [1.165, 1.54) is 0 Å². The lowest BCUT2D eigenvalue weighted by Gasteiger charge is -2.40. The van der Waals surface area contributed by atoms with E-state index in [2.05, 4.69) is 77.7 Å². The Morgan fingerprint density at radius 3 is 2.29 bits per heavy atom. The van der Waals surface area contributed by atoms with E-state index in [0.717, 1.165) is 11.3 Å². The molecule has 2 N–H and O–H groups in total. The van der Waals surface area contributed by atoms with E-state index in [1.54, 1.807) is 6.33 Å². The Hall–Kier alpha value is -2.32. The van der Waals surface area contributed by atoms with E-state index in [1.807, 2.05) is 35.8 Å². The highest BCUT2D eigenvalue weighted by atomic mass is 28.4. The van der Waals surface area contributed by atoms with E-state index in [4.69, 9.17) is 29.0 Å². The van der Waals surface area contributed by atoms with Crippen LogP contribution < -0.4 is 10.5 Å². The third-order valence-electron chi connectivity index (χ3n) is 9.04. The van der Waals surface area contributed by atoms with Crippen molar-refractivity contribution in [2.24, 2.45) is 0 Å². The fourth-order valence-corrected chi connectivity index (χ4v) is 6.86. The molecule has 9 nitrogen and oxygen atoms in total. The van der Waals surface area contributed by atoms with E-state index < -0.39 is 16.6 Å². The van der Waals surface area contributed by atoms with Crippen molar-refractivity contribution < 1.29 is 18.3 Å². The number of rotatable bonds is 9. The number of hydrogen-bond acceptors (Lipinski definition) is 8. The monoisotopic (exact) mass is 599 g/mol. The Balaban J connectivity index is 1.70. The molecule has 1 fully saturated rings. The number of hydrogen-bond donors (Lipinski definition) is 1. The number of aromatic nitrogens is 4. The zero-order valence-electron chi connectivity index (χ0n) is 26.7. The highest BCUT2D eigenvalue weighted by molar-refractivity contribution is 6.74. The van der Waals surface area contributed by atoms with Crippen LogP contribution in [0.3, 0.4) is 0 Å². The first kappa shape index (κ1) is 31.6. The molecule has 0 bridgehead atoms. The largest absolute Gasteiger partial charge is 0.493 e. The van der Waals surface area contributed by atoms with Crippen LogP contribution in [0.5, 0.6) is 5.75 Å². The van der Waals surface area contributed by atoms with Gasteiger partial charge in [0.1, 0.15) is 29.3 Å². The molecule has 3 unspecified atom stereocenters. The number of nitrogens with two attached hydrogens (primary N) is 1. The fourth-order valence-electron chi connectivity index (χ4n) is 4.48. The minimum Gasteiger partial charge on any atom is -0.493 e. The highest BCUT2D eigenvalue weighted by Gasteiger charge is 2.47. The Morgan fingerprint density at radius 1 is 1.00 bits per heavy atom. The normalized spacial score (nSPS) is 20.6. The van der Waals surface area contributed by atoms with Crippen LogP contribution in [-0.4, -0.2) is 61.6 Å². The van der Waals surface area contributed by atoms with Crippen LogP contribution in [0.2, 0.25) is 36.3 Å². The van der Waals surface area contributed by atoms with E-state index in [0.29, 0.717) is 36.5 Å². The van der Waals surface area contributed by atoms with Crippen molar-refractivity contribution in [3.63, 3.8) is 0 Å². The van der Waals surface area contributed by atoms with Crippen molar-refractivity contribution >= 4 is 33.7 Å². The smallest absolute Gasteiger partial charge is 0.222 e. The van der Waals surface area contributed by atoms with Gasteiger partial charge in [0.25, 0.3) is 0 Å². The molecule has 41 heavy (non-hydrogen) atoms. The van der Waals surface area contributed by atoms with Crippen molar-refractivity contribution in [1.29, 1.82) is 0 Å². The maximum absolute atomic E-state index is 6.97. The molecule has 0 radical (unpaired) electrons. The van der Waals surface area contributed by atoms with Gasteiger partial charge in [-0.25, -0.2) is 9.97 Å². The van der Waals surface area contributed by atoms with Crippen LogP contribution in [0.15, 0.2) is 30.6 Å². The molecular weight excluding hydrogens is 551 g/mol. The molecular formula is C30H49N5O4Si2. The Kier molecular flexibility index (Phi) is 8.79. The molecule has 11 heteroatoms. The summed E-state index contributed by atoms with van der Waals surface area (Å²) < 4.78 is 28.2. The molecule has 3 aromatic rings. The molecule has 1 aliphatic heterocycles. The number of nitrogens with zero attached hydrogens (tertiary/aromatic N) is 4. The molecule has 4 rings (SSSR count). The summed E-state index contributed by atoms with van der Waals surface area (Å²) in [5, 5.41) is 0.173. The zero-order valence-corrected chi connectivity index (χ0v) is 28.7. The van der Waals surface area contributed by atoms with Gasteiger partial charge in [0, 0.05) is 12.0 Å². The summed E-state index contributed by atoms with van der Waals surface area (Å²) >= 11 is 0. The fraction of sp³-hybridized carbons (Fsp3) is 0.633. The first-order valence-electron chi connectivity index (χ1n) is 14.6. The lowest BCUT2D eigenvalue weighted by molar-refractivity contribution is -0.0383. The van der Waals surface area contributed by atoms with Crippen molar-refractivity contribution in [3.05, 3.63) is 30.6 Å². The Bertz CT molecular complexity index is 1360. The second-order valence-electron chi connectivity index (χ2n) is 14.0. The average Bonchev–Trinajstić information content (AvgIpc) is 3.45. The molecule has 0 saturated carbocycles. The minimum absolute atomic E-state index is 0.0716. The van der Waals surface area contributed by atoms with E-state index >= 15 is 0 Å². The maximum atomic E-state index is 6.97. The van der Waals surface area contributed by atoms with Gasteiger partial charge in [-0.2, -0.15) is 4.98 Å². The second-order valence-corrected chi connectivity index (χ2v) is 23.6. The summed E-state index contributed by atoms with van der Waals surface area (Å²) in [5.74, 6) is 0.900. The van der Waals surface area contributed by atoms with Crippen LogP contribution >= 0.6 is 0 Å². The number of imidazole rings is 1. The first-order valence-corrected chi connectivity index (χ1v) is 20.5. The first-order chi connectivity index (χ1) is 18.9. The van der Waals surface area contributed by atoms with Gasteiger partial charge >= 0.3 is 0 Å². The molecule has 1 aromatic carbocycles. The van der Waals surface area contributed by atoms with Crippen LogP contribution in [-0.2, 0) is 13.6 Å². The van der Waals surface area contributed by atoms with Gasteiger partial charge < -0.3 is 24.1 Å². The molecule has 0 amide bonds. The van der Waals surface area contributed by atoms with Crippen molar-refractivity contribution in [3.8, 4) is 17.0 Å². The predicted molar refractivity (Wildman–Crippen MR) is 170 cm³/mol. The number of benzene rings is 1. The molecule has 1 aliphatic rings. The van der Waals surface area contributed by atoms with E-state index in [-0.39, 0.29) is 34.5 Å². The van der Waals surface area contributed by atoms with Gasteiger partial charge in [-0.3, -0.25) is 4.57 Å². The summed E-state index contributed by atoms with van der Waals surface area (Å²) in [5.41, 5.74) is 9.00. The van der Waals surface area contributed by atoms with E-state index in [9.17, 15) is 0 Å². The molecule has 0 spiro atoms. The lowest BCUT2D eigenvalue weighted by atomic mass is 10.1. The molecule has 0 aliphatic carbocycles. The minimum atomic E-state index is -2.08. The average molecular weight is 600 g/mol. The molecule has 1 saturated heterocycles. The number of nitrogen functional groups attached to an aromatic ring is 1. The van der Waals surface area contributed by atoms with Gasteiger partial charge in [0.05, 0.1) is 25.6 Å². The highest BCUT2D eigenvalue weighted by Crippen LogP contribution is 2.43. The summed E-state index contributed by atoms with van der Waals surface area (Å²) in [6, 6.07) is 7.79. The van der Waals surface area contributed by atoms with Crippen molar-refractivity contribution in [2.45, 2.75) is 110 Å². The van der Waals surface area contributed by atoms with Crippen LogP contribution in [0, 0.1) is 0 Å². The second kappa shape index (κ2) is 11.4. The summed E-state index contributed by atoms with van der Waals surface area (Å²) in [7, 11) is -4.06. The van der Waals surface area contributed by atoms with Crippen molar-refractivity contribution in [2.75, 3.05) is 18.9 Å². The Labute approximate surface area is 247 Å². The van der Waals surface area contributed by atoms with Gasteiger partial charge in [0.15, 0.2) is 22.3 Å². The molecule has 226 valence electrons. The summed E-state index contributed by atoms with van der Waals surface area (Å²) in [6.45, 7) is 25.7.